The molecule has 0 amide bonds. The third-order valence-electron chi connectivity index (χ3n) is 7.47. The summed E-state index contributed by atoms with van der Waals surface area (Å²) in [6.07, 6.45) is 3.62. The van der Waals surface area contributed by atoms with Crippen LogP contribution in [0.15, 0.2) is 30.6 Å². The number of anilines is 2. The molecule has 0 saturated carbocycles. The minimum Gasteiger partial charge on any atom is -0.479 e. The second-order valence-electron chi connectivity index (χ2n) is 9.92. The van der Waals surface area contributed by atoms with Crippen molar-refractivity contribution in [2.24, 2.45) is 0 Å². The highest BCUT2D eigenvalue weighted by molar-refractivity contribution is 6.28. The fraction of sp³-hybridized carbons (Fsp3) is 0.423. The lowest BCUT2D eigenvalue weighted by Crippen LogP contribution is -2.55. The van der Waals surface area contributed by atoms with Gasteiger partial charge in [-0.25, -0.2) is 14.6 Å². The Balaban J connectivity index is 1.40. The number of carbonyl (C=O) groups is 2. The quantitative estimate of drug-likeness (QED) is 0.131. The monoisotopic (exact) mass is 586 g/mol. The van der Waals surface area contributed by atoms with E-state index in [1.54, 1.807) is 24.3 Å². The Bertz CT molecular complexity index is 1500. The standard InChI is InChI=1S/C26H27ClN6O8/c1-2-25(39)16(41-21(18(25)34)33-13-29-17-19(28)30-24(27)31-20(17)33)12-40-26(22(35)36,23(37)38)11-14-5-7-15(8-6-14)32-9-3-4-10-32/h1,5-8,13,16,18,21,34,39H,3-4,9-12H2,(H,35,36)(H,37,38)(H2,28,30,31)/t16-,18+,21-,25-/m1/s1. The van der Waals surface area contributed by atoms with E-state index in [4.69, 9.17) is 33.2 Å². The molecule has 2 aliphatic heterocycles. The van der Waals surface area contributed by atoms with Gasteiger partial charge in [-0.15, -0.1) is 6.42 Å². The van der Waals surface area contributed by atoms with Crippen LogP contribution in [0, 0.1) is 12.3 Å². The summed E-state index contributed by atoms with van der Waals surface area (Å²) >= 11 is 5.91. The van der Waals surface area contributed by atoms with Crippen molar-refractivity contribution in [3.05, 3.63) is 41.4 Å². The number of aliphatic carboxylic acids is 2. The van der Waals surface area contributed by atoms with Gasteiger partial charge in [0.2, 0.25) is 5.28 Å². The first-order chi connectivity index (χ1) is 19.5. The molecular weight excluding hydrogens is 560 g/mol. The molecule has 3 aromatic rings. The average molecular weight is 587 g/mol. The minimum absolute atomic E-state index is 0.0421. The molecule has 0 aliphatic carbocycles. The van der Waals surface area contributed by atoms with Gasteiger partial charge in [-0.1, -0.05) is 18.1 Å². The Kier molecular flexibility index (Phi) is 7.49. The van der Waals surface area contributed by atoms with E-state index >= 15 is 0 Å². The number of nitrogens with two attached hydrogens (primary N) is 1. The number of carboxylic acid groups (broad SMARTS) is 2. The van der Waals surface area contributed by atoms with Crippen LogP contribution in [0.2, 0.25) is 5.28 Å². The summed E-state index contributed by atoms with van der Waals surface area (Å²) in [5.74, 6) is -1.51. The van der Waals surface area contributed by atoms with Crippen LogP contribution >= 0.6 is 11.6 Å². The first kappa shape index (κ1) is 28.5. The second kappa shape index (κ2) is 10.8. The van der Waals surface area contributed by atoms with E-state index in [2.05, 4.69) is 25.8 Å². The molecule has 2 saturated heterocycles. The number of aliphatic hydroxyl groups is 2. The number of ether oxygens (including phenoxy) is 2. The first-order valence-electron chi connectivity index (χ1n) is 12.6. The zero-order valence-corrected chi connectivity index (χ0v) is 22.3. The number of imidazole rings is 1. The van der Waals surface area contributed by atoms with Gasteiger partial charge in [-0.2, -0.15) is 9.97 Å². The van der Waals surface area contributed by atoms with Crippen LogP contribution in [-0.2, 0) is 25.5 Å². The Labute approximate surface area is 238 Å². The molecular formula is C26H27ClN6O8. The fourth-order valence-electron chi connectivity index (χ4n) is 5.14. The van der Waals surface area contributed by atoms with Crippen molar-refractivity contribution >= 4 is 46.2 Å². The Morgan fingerprint density at radius 2 is 1.88 bits per heavy atom. The number of nitrogens with zero attached hydrogens (tertiary/aromatic N) is 5. The van der Waals surface area contributed by atoms with Gasteiger partial charge in [0.15, 0.2) is 23.3 Å². The van der Waals surface area contributed by atoms with E-state index in [0.29, 0.717) is 5.56 Å². The topological polar surface area (TPSA) is 206 Å². The van der Waals surface area contributed by atoms with Gasteiger partial charge in [0.25, 0.3) is 5.60 Å². The summed E-state index contributed by atoms with van der Waals surface area (Å²) in [6.45, 7) is 1.01. The summed E-state index contributed by atoms with van der Waals surface area (Å²) in [5.41, 5.74) is 2.22. The lowest BCUT2D eigenvalue weighted by molar-refractivity contribution is -0.191. The van der Waals surface area contributed by atoms with Crippen LogP contribution in [0.3, 0.4) is 0 Å². The first-order valence-corrected chi connectivity index (χ1v) is 13.0. The van der Waals surface area contributed by atoms with Crippen LogP contribution in [0.1, 0.15) is 24.6 Å². The maximum atomic E-state index is 12.3. The highest BCUT2D eigenvalue weighted by atomic mass is 35.5. The van der Waals surface area contributed by atoms with Gasteiger partial charge in [-0.3, -0.25) is 4.57 Å². The second-order valence-corrected chi connectivity index (χ2v) is 10.3. The molecule has 5 rings (SSSR count). The highest BCUT2D eigenvalue weighted by Gasteiger charge is 2.58. The van der Waals surface area contributed by atoms with Gasteiger partial charge < -0.3 is 40.5 Å². The Morgan fingerprint density at radius 3 is 2.49 bits per heavy atom. The number of benzene rings is 1. The van der Waals surface area contributed by atoms with Crippen molar-refractivity contribution in [1.29, 1.82) is 0 Å². The largest absolute Gasteiger partial charge is 0.479 e. The molecule has 2 fully saturated rings. The predicted octanol–water partition coefficient (Wildman–Crippen LogP) is 0.452. The molecule has 0 unspecified atom stereocenters. The number of halogens is 1. The van der Waals surface area contributed by atoms with Crippen molar-refractivity contribution in [3.63, 3.8) is 0 Å². The highest BCUT2D eigenvalue weighted by Crippen LogP contribution is 2.39. The maximum Gasteiger partial charge on any atom is 0.348 e. The van der Waals surface area contributed by atoms with Gasteiger partial charge in [0, 0.05) is 25.2 Å². The molecule has 14 nitrogen and oxygen atoms in total. The summed E-state index contributed by atoms with van der Waals surface area (Å²) in [7, 11) is 0. The van der Waals surface area contributed by atoms with Crippen LogP contribution in [-0.4, -0.2) is 95.0 Å². The van der Waals surface area contributed by atoms with Crippen molar-refractivity contribution in [3.8, 4) is 12.3 Å². The summed E-state index contributed by atoms with van der Waals surface area (Å²) in [4.78, 5) is 38.8. The van der Waals surface area contributed by atoms with E-state index in [1.807, 2.05) is 0 Å². The number of nitrogen functional groups attached to an aromatic ring is 1. The molecule has 0 spiro atoms. The molecule has 2 aliphatic rings. The van der Waals surface area contributed by atoms with Crippen molar-refractivity contribution in [2.45, 2.75) is 48.9 Å². The Hall–Kier alpha value is -4.00. The molecule has 4 heterocycles. The molecule has 0 radical (unpaired) electrons. The number of carboxylic acids is 2. The number of fused-ring (bicyclic) bond motifs is 1. The summed E-state index contributed by atoms with van der Waals surface area (Å²) < 4.78 is 12.5. The maximum absolute atomic E-state index is 12.3. The van der Waals surface area contributed by atoms with Gasteiger partial charge in [0.05, 0.1) is 12.9 Å². The summed E-state index contributed by atoms with van der Waals surface area (Å²) in [5, 5.41) is 42.0. The fourth-order valence-corrected chi connectivity index (χ4v) is 5.31. The predicted molar refractivity (Wildman–Crippen MR) is 144 cm³/mol. The molecule has 1 aromatic carbocycles. The van der Waals surface area contributed by atoms with Crippen LogP contribution in [0.25, 0.3) is 11.2 Å². The number of aromatic nitrogens is 4. The zero-order valence-electron chi connectivity index (χ0n) is 21.6. The smallest absolute Gasteiger partial charge is 0.348 e. The van der Waals surface area contributed by atoms with Gasteiger partial charge in [0.1, 0.15) is 17.7 Å². The van der Waals surface area contributed by atoms with E-state index in [1.165, 1.54) is 10.9 Å². The number of rotatable bonds is 9. The average Bonchev–Trinajstić information content (AvgIpc) is 3.67. The number of terminal acetylenes is 1. The Morgan fingerprint density at radius 1 is 1.22 bits per heavy atom. The normalized spacial score (nSPS) is 24.5. The lowest BCUT2D eigenvalue weighted by Gasteiger charge is -2.30. The zero-order chi connectivity index (χ0) is 29.5. The molecule has 0 bridgehead atoms. The van der Waals surface area contributed by atoms with E-state index < -0.39 is 54.6 Å². The van der Waals surface area contributed by atoms with E-state index in [-0.39, 0.29) is 22.3 Å². The molecule has 15 heteroatoms. The number of aliphatic hydroxyl groups excluding tert-OH is 1. The molecule has 216 valence electrons. The van der Waals surface area contributed by atoms with Crippen molar-refractivity contribution in [2.75, 3.05) is 30.3 Å². The summed E-state index contributed by atoms with van der Waals surface area (Å²) in [6, 6.07) is 6.88. The molecule has 41 heavy (non-hydrogen) atoms. The molecule has 2 aromatic heterocycles. The number of hydrogen-bond acceptors (Lipinski definition) is 11. The molecule has 6 N–H and O–H groups in total. The van der Waals surface area contributed by atoms with Gasteiger partial charge in [-0.05, 0) is 42.1 Å². The van der Waals surface area contributed by atoms with E-state index in [9.17, 15) is 30.0 Å². The van der Waals surface area contributed by atoms with Crippen LogP contribution in [0.5, 0.6) is 0 Å². The van der Waals surface area contributed by atoms with Crippen molar-refractivity contribution in [1.82, 2.24) is 19.5 Å². The third-order valence-corrected chi connectivity index (χ3v) is 7.64. The molecule has 4 atom stereocenters. The van der Waals surface area contributed by atoms with Crippen molar-refractivity contribution < 1.29 is 39.5 Å². The SMILES string of the molecule is C#C[C@@]1(O)[C@@H](COC(Cc2ccc(N3CCCC3)cc2)(C(=O)O)C(=O)O)O[C@@H](n2cnc3c(N)nc(Cl)nc32)[C@@H]1O. The lowest BCUT2D eigenvalue weighted by atomic mass is 9.91. The minimum atomic E-state index is -2.76. The number of hydrogen-bond donors (Lipinski definition) is 5. The van der Waals surface area contributed by atoms with Gasteiger partial charge >= 0.3 is 11.9 Å². The van der Waals surface area contributed by atoms with Crippen LogP contribution in [0.4, 0.5) is 11.5 Å². The van der Waals surface area contributed by atoms with E-state index in [0.717, 1.165) is 31.6 Å². The third kappa shape index (κ3) is 4.92. The van der Waals surface area contributed by atoms with Crippen LogP contribution < -0.4 is 10.6 Å².